The van der Waals surface area contributed by atoms with Gasteiger partial charge in [0.2, 0.25) is 59.1 Å². The number of carbonyl (C=O) groups is 14. The lowest BCUT2D eigenvalue weighted by atomic mass is 10.0. The molecule has 0 fully saturated rings. The largest absolute Gasteiger partial charge is 0.368 e. The van der Waals surface area contributed by atoms with Crippen LogP contribution < -0.4 is 76.5 Å². The van der Waals surface area contributed by atoms with Crippen molar-refractivity contribution < 1.29 is 67.1 Å². The van der Waals surface area contributed by atoms with E-state index in [1.165, 1.54) is 0 Å². The minimum absolute atomic E-state index is 0.0395. The third-order valence-electron chi connectivity index (χ3n) is 14.9. The summed E-state index contributed by atoms with van der Waals surface area (Å²) in [6.07, 6.45) is 1.32. The van der Waals surface area contributed by atoms with E-state index in [0.29, 0.717) is 28.7 Å². The smallest absolute Gasteiger partial charge is 0.251 e. The van der Waals surface area contributed by atoms with Gasteiger partial charge < -0.3 is 76.5 Å². The van der Waals surface area contributed by atoms with E-state index in [2.05, 4.69) is 47.9 Å². The molecular formula is C75H106N14O14. The molecule has 5 aromatic carbocycles. The van der Waals surface area contributed by atoms with Gasteiger partial charge in [0.05, 0.1) is 0 Å². The Hall–Kier alpha value is -11.3. The number of rotatable bonds is 30. The summed E-state index contributed by atoms with van der Waals surface area (Å²) in [6, 6.07) is 31.7. The van der Waals surface area contributed by atoms with Crippen LogP contribution in [0, 0.1) is 57.3 Å². The average molecular weight is 1430 g/mol. The van der Waals surface area contributed by atoms with Gasteiger partial charge >= 0.3 is 0 Å². The lowest BCUT2D eigenvalue weighted by Gasteiger charge is -2.17. The van der Waals surface area contributed by atoms with Crippen LogP contribution in [-0.2, 0) is 60.8 Å². The third kappa shape index (κ3) is 36.0. The monoisotopic (exact) mass is 1430 g/mol. The maximum absolute atomic E-state index is 12.0. The van der Waals surface area contributed by atoms with Crippen molar-refractivity contribution in [2.24, 2.45) is 58.3 Å². The molecule has 14 amide bonds. The van der Waals surface area contributed by atoms with E-state index in [-0.39, 0.29) is 109 Å². The highest BCUT2D eigenvalue weighted by Crippen LogP contribution is 2.10. The lowest BCUT2D eigenvalue weighted by Crippen LogP contribution is -2.52. The summed E-state index contributed by atoms with van der Waals surface area (Å²) < 4.78 is 0. The van der Waals surface area contributed by atoms with Crippen molar-refractivity contribution in [3.05, 3.63) is 177 Å². The quantitative estimate of drug-likeness (QED) is 0.0315. The molecule has 28 heteroatoms. The van der Waals surface area contributed by atoms with Crippen molar-refractivity contribution in [1.29, 1.82) is 0 Å². The molecule has 0 unspecified atom stereocenters. The Bertz CT molecular complexity index is 3400. The van der Waals surface area contributed by atoms with Gasteiger partial charge in [-0.1, -0.05) is 171 Å². The van der Waals surface area contributed by atoms with E-state index in [1.807, 2.05) is 107 Å². The molecule has 0 aliphatic rings. The van der Waals surface area contributed by atoms with Gasteiger partial charge in [0.15, 0.2) is 0 Å². The molecule has 560 valence electrons. The normalized spacial score (nSPS) is 11.9. The Morgan fingerprint density at radius 1 is 0.272 bits per heavy atom. The summed E-state index contributed by atoms with van der Waals surface area (Å²) in [5.74, 6) is -7.06. The molecule has 5 atom stereocenters. The molecule has 5 rings (SSSR count). The molecule has 0 radical (unpaired) electrons. The zero-order chi connectivity index (χ0) is 78.4. The van der Waals surface area contributed by atoms with Crippen LogP contribution in [0.1, 0.15) is 151 Å². The average Bonchev–Trinajstić information content (AvgIpc) is 1.04. The van der Waals surface area contributed by atoms with Gasteiger partial charge in [-0.25, -0.2) is 0 Å². The van der Waals surface area contributed by atoms with Crippen LogP contribution in [-0.4, -0.2) is 139 Å². The predicted molar refractivity (Wildman–Crippen MR) is 393 cm³/mol. The van der Waals surface area contributed by atoms with Gasteiger partial charge in [-0.05, 0) is 93.8 Å². The first-order valence-electron chi connectivity index (χ1n) is 33.6. The highest BCUT2D eigenvalue weighted by molar-refractivity contribution is 5.98. The van der Waals surface area contributed by atoms with E-state index in [1.54, 1.807) is 118 Å². The Morgan fingerprint density at radius 3 is 0.631 bits per heavy atom. The van der Waals surface area contributed by atoms with Crippen LogP contribution in [0.2, 0.25) is 0 Å². The first-order chi connectivity index (χ1) is 48.2. The first-order valence-corrected chi connectivity index (χ1v) is 33.6. The van der Waals surface area contributed by atoms with Crippen LogP contribution in [0.25, 0.3) is 0 Å². The highest BCUT2D eigenvalue weighted by atomic mass is 16.2. The second kappa shape index (κ2) is 46.2. The molecular weight excluding hydrogens is 1320 g/mol. The summed E-state index contributed by atoms with van der Waals surface area (Å²) in [7, 11) is 0. The summed E-state index contributed by atoms with van der Waals surface area (Å²) in [4.78, 5) is 162. The molecule has 0 aromatic heterocycles. The number of nitrogens with one attached hydrogen (secondary N) is 9. The highest BCUT2D eigenvalue weighted by Gasteiger charge is 2.26. The maximum atomic E-state index is 12.0. The van der Waals surface area contributed by atoms with E-state index in [0.717, 1.165) is 39.8 Å². The van der Waals surface area contributed by atoms with Gasteiger partial charge in [0, 0.05) is 84.4 Å². The number of amides is 14. The van der Waals surface area contributed by atoms with Crippen molar-refractivity contribution in [3.8, 4) is 0 Å². The van der Waals surface area contributed by atoms with Gasteiger partial charge in [0.1, 0.15) is 30.2 Å². The fraction of sp³-hybridized carbons (Fsp3) is 0.413. The van der Waals surface area contributed by atoms with Gasteiger partial charge in [0.25, 0.3) is 23.6 Å². The molecule has 103 heavy (non-hydrogen) atoms. The van der Waals surface area contributed by atoms with E-state index >= 15 is 0 Å². The van der Waals surface area contributed by atoms with E-state index < -0.39 is 59.7 Å². The molecule has 5 aromatic rings. The zero-order valence-corrected chi connectivity index (χ0v) is 61.7. The standard InChI is InChI=1S/C16H23N3O3.3C15H21N3O3.C14H20N2O2/c1-4-11-5-7-12(8-6-11)16(22)18-9-13(14(17)20)19-15(21)10(2)3;3*1-9(2)14(20)18-12(13(16)19)8-17-15(21)11-6-4-10(3)5-7-11;1-9(2)14(18)16-12(13(15)17)8-11-6-4-10(3)5-7-11/h5-8,10,13H,4,9H2,1-3H3,(H2,17,20)(H,18,22)(H,19,21);3*4-7,9,12H,8H2,1-3H3,(H2,16,19)(H,17,21)(H,18,20);4-7,9,12H,8H2,1-3H3,(H2,15,17)(H,16,18)/t13-;4*12-/m00000/s1. The van der Waals surface area contributed by atoms with Crippen molar-refractivity contribution in [3.63, 3.8) is 0 Å². The molecule has 0 aliphatic carbocycles. The molecule has 0 spiro atoms. The topological polar surface area (TPSA) is 477 Å². The van der Waals surface area contributed by atoms with Crippen molar-refractivity contribution in [2.75, 3.05) is 26.2 Å². The second-order valence-corrected chi connectivity index (χ2v) is 25.8. The number of carbonyl (C=O) groups excluding carboxylic acids is 14. The minimum Gasteiger partial charge on any atom is -0.368 e. The van der Waals surface area contributed by atoms with E-state index in [9.17, 15) is 67.1 Å². The summed E-state index contributed by atoms with van der Waals surface area (Å²) >= 11 is 0. The molecule has 0 saturated heterocycles. The molecule has 0 bridgehead atoms. The van der Waals surface area contributed by atoms with Gasteiger partial charge in [-0.3, -0.25) is 67.1 Å². The summed E-state index contributed by atoms with van der Waals surface area (Å²) in [5.41, 5.74) is 34.6. The fourth-order valence-electron chi connectivity index (χ4n) is 7.96. The van der Waals surface area contributed by atoms with Crippen LogP contribution in [0.15, 0.2) is 121 Å². The van der Waals surface area contributed by atoms with Crippen LogP contribution in [0.4, 0.5) is 0 Å². The summed E-state index contributed by atoms with van der Waals surface area (Å²) in [5, 5.41) is 23.1. The number of benzene rings is 5. The molecule has 0 aliphatic heterocycles. The third-order valence-corrected chi connectivity index (χ3v) is 14.9. The lowest BCUT2D eigenvalue weighted by molar-refractivity contribution is -0.129. The molecule has 0 saturated carbocycles. The van der Waals surface area contributed by atoms with Crippen molar-refractivity contribution in [2.45, 2.75) is 147 Å². The predicted octanol–water partition coefficient (Wildman–Crippen LogP) is 2.82. The van der Waals surface area contributed by atoms with E-state index in [4.69, 9.17) is 28.7 Å². The Morgan fingerprint density at radius 2 is 0.447 bits per heavy atom. The zero-order valence-electron chi connectivity index (χ0n) is 61.7. The van der Waals surface area contributed by atoms with Gasteiger partial charge in [-0.2, -0.15) is 0 Å². The summed E-state index contributed by atoms with van der Waals surface area (Å²) in [6.45, 7) is 26.8. The number of nitrogens with two attached hydrogens (primary N) is 5. The Labute approximate surface area is 603 Å². The number of primary amides is 5. The molecule has 0 heterocycles. The number of hydrogen-bond acceptors (Lipinski definition) is 14. The van der Waals surface area contributed by atoms with Crippen LogP contribution >= 0.6 is 0 Å². The Kier molecular flexibility index (Phi) is 40.2. The number of aryl methyl sites for hydroxylation is 5. The van der Waals surface area contributed by atoms with Gasteiger partial charge in [-0.15, -0.1) is 0 Å². The Balaban J connectivity index is 0.000000645. The second-order valence-electron chi connectivity index (χ2n) is 25.8. The van der Waals surface area contributed by atoms with Crippen molar-refractivity contribution in [1.82, 2.24) is 47.9 Å². The number of hydrogen-bond donors (Lipinski definition) is 14. The molecule has 19 N–H and O–H groups in total. The maximum Gasteiger partial charge on any atom is 0.251 e. The van der Waals surface area contributed by atoms with Crippen LogP contribution in [0.3, 0.4) is 0 Å². The molecule has 28 nitrogen and oxygen atoms in total. The van der Waals surface area contributed by atoms with Crippen molar-refractivity contribution >= 4 is 82.7 Å². The van der Waals surface area contributed by atoms with Crippen LogP contribution in [0.5, 0.6) is 0 Å². The fourth-order valence-corrected chi connectivity index (χ4v) is 7.96. The first kappa shape index (κ1) is 89.7. The SMILES string of the molecule is CCc1ccc(C(=O)NC[C@H](NC(=O)C(C)C)C(N)=O)cc1.Cc1ccc(C(=O)NC[C@H](NC(=O)C(C)C)C(N)=O)cc1.Cc1ccc(C(=O)NC[C@H](NC(=O)C(C)C)C(N)=O)cc1.Cc1ccc(C(=O)NC[C@H](NC(=O)C(C)C)C(N)=O)cc1.Cc1ccc(C[C@H](NC(=O)C(C)C)C(N)=O)cc1. The minimum atomic E-state index is -0.922.